The fourth-order valence-electron chi connectivity index (χ4n) is 3.44. The Bertz CT molecular complexity index is 1180. The van der Waals surface area contributed by atoms with Crippen molar-refractivity contribution >= 4 is 27.7 Å². The van der Waals surface area contributed by atoms with E-state index in [1.165, 1.54) is 0 Å². The minimum absolute atomic E-state index is 0.0399. The molecule has 0 saturated carbocycles. The van der Waals surface area contributed by atoms with Gasteiger partial charge in [0.15, 0.2) is 6.61 Å². The van der Waals surface area contributed by atoms with Crippen molar-refractivity contribution in [1.82, 2.24) is 15.2 Å². The molecule has 4 rings (SSSR count). The molecule has 32 heavy (non-hydrogen) atoms. The topological polar surface area (TPSA) is 90.1 Å². The van der Waals surface area contributed by atoms with Crippen LogP contribution in [0.3, 0.4) is 0 Å². The monoisotopic (exact) mass is 468 g/mol. The summed E-state index contributed by atoms with van der Waals surface area (Å²) in [6.07, 6.45) is -4.42. The largest absolute Gasteiger partial charge is 0.484 e. The summed E-state index contributed by atoms with van der Waals surface area (Å²) in [5, 5.41) is 11.8. The first kappa shape index (κ1) is 22.5. The summed E-state index contributed by atoms with van der Waals surface area (Å²) in [5.41, 5.74) is 2.22. The molecule has 0 spiro atoms. The number of hydrogen-bond acceptors (Lipinski definition) is 7. The first-order valence-electron chi connectivity index (χ1n) is 10.00. The van der Waals surface area contributed by atoms with Crippen molar-refractivity contribution in [1.29, 1.82) is 0 Å². The van der Waals surface area contributed by atoms with Crippen molar-refractivity contribution < 1.29 is 26.5 Å². The number of benzene rings is 1. The van der Waals surface area contributed by atoms with Crippen molar-refractivity contribution in [2.75, 3.05) is 23.4 Å². The summed E-state index contributed by atoms with van der Waals surface area (Å²) in [6, 6.07) is 5.19. The predicted octanol–water partition coefficient (Wildman–Crippen LogP) is 4.37. The minimum Gasteiger partial charge on any atom is -0.484 e. The molecule has 0 atom stereocenters. The number of hydrogen-bond donors (Lipinski definition) is 1. The Balaban J connectivity index is 1.72. The first-order valence-corrected chi connectivity index (χ1v) is 11.5. The number of ether oxygens (including phenoxy) is 1. The zero-order chi connectivity index (χ0) is 23.3. The molecular weight excluding hydrogens is 445 g/mol. The van der Waals surface area contributed by atoms with E-state index in [1.807, 2.05) is 27.7 Å². The lowest BCUT2D eigenvalue weighted by atomic mass is 9.84. The van der Waals surface area contributed by atoms with Gasteiger partial charge in [-0.3, -0.25) is 4.21 Å². The predicted molar refractivity (Wildman–Crippen MR) is 115 cm³/mol. The SMILES string of the molecule is Cc1cc(-c2nnc(NC3CS(=O)C3)o2)nc2c(C(C)(C)C)cc(OCC(F)(F)F)cc12. The van der Waals surface area contributed by atoms with E-state index in [0.717, 1.165) is 11.1 Å². The van der Waals surface area contributed by atoms with E-state index in [-0.39, 0.29) is 23.7 Å². The molecule has 172 valence electrons. The second-order valence-electron chi connectivity index (χ2n) is 8.87. The van der Waals surface area contributed by atoms with Crippen LogP contribution >= 0.6 is 0 Å². The van der Waals surface area contributed by atoms with Crippen LogP contribution in [0.4, 0.5) is 19.2 Å². The Morgan fingerprint density at radius 3 is 2.53 bits per heavy atom. The number of pyridine rings is 1. The van der Waals surface area contributed by atoms with E-state index in [1.54, 1.807) is 18.2 Å². The highest BCUT2D eigenvalue weighted by atomic mass is 32.2. The average Bonchev–Trinajstić information content (AvgIpc) is 3.12. The normalized spacial score (nSPS) is 19.1. The van der Waals surface area contributed by atoms with Crippen molar-refractivity contribution in [3.63, 3.8) is 0 Å². The number of halogens is 3. The molecule has 0 radical (unpaired) electrons. The number of nitrogens with zero attached hydrogens (tertiary/aromatic N) is 3. The lowest BCUT2D eigenvalue weighted by Crippen LogP contribution is -2.42. The van der Waals surface area contributed by atoms with Crippen LogP contribution in [0.25, 0.3) is 22.5 Å². The van der Waals surface area contributed by atoms with E-state index in [2.05, 4.69) is 15.5 Å². The molecule has 2 aromatic heterocycles. The molecule has 1 aliphatic rings. The van der Waals surface area contributed by atoms with Gasteiger partial charge in [0.05, 0.1) is 11.6 Å². The quantitative estimate of drug-likeness (QED) is 0.595. The second kappa shape index (κ2) is 8.02. The van der Waals surface area contributed by atoms with Crippen LogP contribution in [0.15, 0.2) is 22.6 Å². The van der Waals surface area contributed by atoms with Gasteiger partial charge < -0.3 is 14.5 Å². The van der Waals surface area contributed by atoms with E-state index >= 15 is 0 Å². The first-order chi connectivity index (χ1) is 14.9. The molecule has 0 unspecified atom stereocenters. The van der Waals surface area contributed by atoms with Gasteiger partial charge >= 0.3 is 12.2 Å². The highest BCUT2D eigenvalue weighted by Crippen LogP contribution is 2.36. The number of fused-ring (bicyclic) bond motifs is 1. The Kier molecular flexibility index (Phi) is 5.64. The Labute approximate surface area is 185 Å². The molecule has 1 N–H and O–H groups in total. The molecule has 0 aliphatic carbocycles. The van der Waals surface area contributed by atoms with Gasteiger partial charge in [-0.2, -0.15) is 13.2 Å². The zero-order valence-electron chi connectivity index (χ0n) is 18.0. The van der Waals surface area contributed by atoms with Crippen LogP contribution < -0.4 is 10.1 Å². The molecule has 7 nitrogen and oxygen atoms in total. The van der Waals surface area contributed by atoms with Crippen LogP contribution in [0.1, 0.15) is 31.9 Å². The van der Waals surface area contributed by atoms with E-state index in [4.69, 9.17) is 14.1 Å². The number of rotatable bonds is 5. The van der Waals surface area contributed by atoms with Crippen molar-refractivity contribution in [3.05, 3.63) is 29.3 Å². The standard InChI is InChI=1S/C21H23F3N4O3S/c1-11-5-16(18-27-28-19(31-18)25-12-8-32(29)9-12)26-17-14(11)6-13(30-10-21(22,23)24)7-15(17)20(2,3)4/h5-7,12H,8-10H2,1-4H3,(H,25,28). The van der Waals surface area contributed by atoms with Crippen LogP contribution in [0.2, 0.25) is 0 Å². The highest BCUT2D eigenvalue weighted by Gasteiger charge is 2.30. The molecule has 11 heteroatoms. The maximum atomic E-state index is 12.7. The van der Waals surface area contributed by atoms with Crippen LogP contribution in [0.5, 0.6) is 5.75 Å². The number of nitrogens with one attached hydrogen (secondary N) is 1. The van der Waals surface area contributed by atoms with Crippen molar-refractivity contribution in [3.8, 4) is 17.3 Å². The van der Waals surface area contributed by atoms with Gasteiger partial charge in [0.1, 0.15) is 11.4 Å². The van der Waals surface area contributed by atoms with Gasteiger partial charge in [0.25, 0.3) is 5.89 Å². The summed E-state index contributed by atoms with van der Waals surface area (Å²) in [4.78, 5) is 4.71. The summed E-state index contributed by atoms with van der Waals surface area (Å²) in [5.74, 6) is 1.44. The number of anilines is 1. The number of aromatic nitrogens is 3. The number of alkyl halides is 3. The fraction of sp³-hybridized carbons (Fsp3) is 0.476. The van der Waals surface area contributed by atoms with Gasteiger partial charge in [0, 0.05) is 27.7 Å². The molecule has 0 amide bonds. The van der Waals surface area contributed by atoms with Crippen LogP contribution in [-0.4, -0.2) is 49.7 Å². The lowest BCUT2D eigenvalue weighted by molar-refractivity contribution is -0.153. The minimum atomic E-state index is -4.42. The molecule has 1 fully saturated rings. The maximum absolute atomic E-state index is 12.7. The average molecular weight is 469 g/mol. The molecular formula is C21H23F3N4O3S. The van der Waals surface area contributed by atoms with Gasteiger partial charge in [0.2, 0.25) is 0 Å². The van der Waals surface area contributed by atoms with E-state index in [0.29, 0.717) is 28.1 Å². The Morgan fingerprint density at radius 2 is 1.91 bits per heavy atom. The summed E-state index contributed by atoms with van der Waals surface area (Å²) >= 11 is 0. The fourth-order valence-corrected chi connectivity index (χ4v) is 4.40. The Hall–Kier alpha value is -2.69. The van der Waals surface area contributed by atoms with E-state index < -0.39 is 29.0 Å². The van der Waals surface area contributed by atoms with Gasteiger partial charge in [-0.15, -0.1) is 5.10 Å². The van der Waals surface area contributed by atoms with Crippen LogP contribution in [-0.2, 0) is 16.2 Å². The summed E-state index contributed by atoms with van der Waals surface area (Å²) in [6.45, 7) is 6.34. The summed E-state index contributed by atoms with van der Waals surface area (Å²) in [7, 11) is -0.801. The maximum Gasteiger partial charge on any atom is 0.422 e. The van der Waals surface area contributed by atoms with E-state index in [9.17, 15) is 17.4 Å². The third-order valence-corrected chi connectivity index (χ3v) is 6.60. The Morgan fingerprint density at radius 1 is 1.19 bits per heavy atom. The van der Waals surface area contributed by atoms with Gasteiger partial charge in [-0.1, -0.05) is 25.9 Å². The lowest BCUT2D eigenvalue weighted by Gasteiger charge is -2.24. The van der Waals surface area contributed by atoms with Gasteiger partial charge in [-0.25, -0.2) is 4.98 Å². The highest BCUT2D eigenvalue weighted by molar-refractivity contribution is 7.86. The summed E-state index contributed by atoms with van der Waals surface area (Å²) < 4.78 is 59.9. The zero-order valence-corrected chi connectivity index (χ0v) is 18.9. The third-order valence-electron chi connectivity index (χ3n) is 5.05. The molecule has 3 heterocycles. The second-order valence-corrected chi connectivity index (χ2v) is 10.4. The third kappa shape index (κ3) is 4.87. The van der Waals surface area contributed by atoms with Crippen molar-refractivity contribution in [2.24, 2.45) is 0 Å². The van der Waals surface area contributed by atoms with Crippen LogP contribution in [0, 0.1) is 6.92 Å². The molecule has 1 aromatic carbocycles. The molecule has 1 aliphatic heterocycles. The molecule has 3 aromatic rings. The van der Waals surface area contributed by atoms with Crippen molar-refractivity contribution in [2.45, 2.75) is 45.3 Å². The number of aryl methyl sites for hydroxylation is 1. The van der Waals surface area contributed by atoms with Gasteiger partial charge in [-0.05, 0) is 41.7 Å². The molecule has 1 saturated heterocycles. The smallest absolute Gasteiger partial charge is 0.422 e. The molecule has 0 bridgehead atoms.